The van der Waals surface area contributed by atoms with Crippen LogP contribution in [-0.2, 0) is 0 Å². The molecule has 1 atom stereocenters. The van der Waals surface area contributed by atoms with Gasteiger partial charge in [0.25, 0.3) is 0 Å². The van der Waals surface area contributed by atoms with E-state index in [1.165, 1.54) is 44.1 Å². The molecule has 1 unspecified atom stereocenters. The number of methoxy groups -OCH3 is 1. The van der Waals surface area contributed by atoms with Crippen molar-refractivity contribution in [1.82, 2.24) is 0 Å². The lowest BCUT2D eigenvalue weighted by Crippen LogP contribution is -2.43. The Labute approximate surface area is 137 Å². The maximum Gasteiger partial charge on any atom is 0.118 e. The second-order valence-electron chi connectivity index (χ2n) is 6.74. The van der Waals surface area contributed by atoms with E-state index in [2.05, 4.69) is 51.9 Å². The first-order valence-electron chi connectivity index (χ1n) is 8.62. The maximum atomic E-state index is 5.29. The highest BCUT2D eigenvalue weighted by Gasteiger charge is 2.28. The van der Waals surface area contributed by atoms with Crippen molar-refractivity contribution in [1.29, 1.82) is 0 Å². The predicted octanol–water partition coefficient (Wildman–Crippen LogP) is 5.36. The van der Waals surface area contributed by atoms with E-state index in [9.17, 15) is 0 Å². The molecule has 124 valence electrons. The summed E-state index contributed by atoms with van der Waals surface area (Å²) in [4.78, 5) is 0. The molecule has 0 aliphatic rings. The zero-order valence-corrected chi connectivity index (χ0v) is 15.0. The summed E-state index contributed by atoms with van der Waals surface area (Å²) in [5.41, 5.74) is 1.41. The predicted molar refractivity (Wildman–Crippen MR) is 96.3 cm³/mol. The highest BCUT2D eigenvalue weighted by molar-refractivity contribution is 5.28. The molecular weight excluding hydrogens is 270 g/mol. The van der Waals surface area contributed by atoms with Crippen molar-refractivity contribution in [3.8, 4) is 5.75 Å². The number of quaternary nitrogens is 1. The average Bonchev–Trinajstić information content (AvgIpc) is 2.51. The van der Waals surface area contributed by atoms with Gasteiger partial charge in [-0.25, -0.2) is 0 Å². The van der Waals surface area contributed by atoms with Gasteiger partial charge in [0.1, 0.15) is 11.8 Å². The lowest BCUT2D eigenvalue weighted by atomic mass is 9.96. The van der Waals surface area contributed by atoms with Gasteiger partial charge in [0.05, 0.1) is 27.7 Å². The van der Waals surface area contributed by atoms with Gasteiger partial charge in [-0.15, -0.1) is 0 Å². The van der Waals surface area contributed by atoms with Crippen molar-refractivity contribution in [2.24, 2.45) is 0 Å². The van der Waals surface area contributed by atoms with E-state index in [1.54, 1.807) is 7.11 Å². The zero-order chi connectivity index (χ0) is 16.4. The molecule has 0 fully saturated rings. The molecule has 1 aromatic carbocycles. The Morgan fingerprint density at radius 3 is 2.27 bits per heavy atom. The summed E-state index contributed by atoms with van der Waals surface area (Å²) < 4.78 is 6.25. The minimum Gasteiger partial charge on any atom is -0.497 e. The Kier molecular flexibility index (Phi) is 8.26. The summed E-state index contributed by atoms with van der Waals surface area (Å²) in [6.07, 6.45) is 9.94. The number of hydrogen-bond acceptors (Lipinski definition) is 1. The van der Waals surface area contributed by atoms with E-state index in [0.29, 0.717) is 6.04 Å². The fourth-order valence-corrected chi connectivity index (χ4v) is 3.15. The quantitative estimate of drug-likeness (QED) is 0.304. The highest BCUT2D eigenvalue weighted by Crippen LogP contribution is 2.31. The van der Waals surface area contributed by atoms with Gasteiger partial charge < -0.3 is 9.22 Å². The van der Waals surface area contributed by atoms with Gasteiger partial charge in [0, 0.05) is 12.0 Å². The number of unbranched alkanes of at least 4 members (excludes halogenated alkanes) is 4. The van der Waals surface area contributed by atoms with Crippen LogP contribution in [-0.4, -0.2) is 32.2 Å². The van der Waals surface area contributed by atoms with E-state index in [4.69, 9.17) is 4.74 Å². The SMILES string of the molecule is C=CC[N+](C)(C)C(CCCCCCC)c1ccc(OC)cc1. The third kappa shape index (κ3) is 5.84. The van der Waals surface area contributed by atoms with Crippen molar-refractivity contribution in [3.63, 3.8) is 0 Å². The number of likely N-dealkylation sites (N-methyl/N-ethyl adjacent to an activating group) is 1. The van der Waals surface area contributed by atoms with Crippen LogP contribution < -0.4 is 4.74 Å². The first kappa shape index (κ1) is 18.8. The Balaban J connectivity index is 2.78. The summed E-state index contributed by atoms with van der Waals surface area (Å²) >= 11 is 0. The summed E-state index contributed by atoms with van der Waals surface area (Å²) in [7, 11) is 6.34. The Morgan fingerprint density at radius 2 is 1.73 bits per heavy atom. The molecule has 0 bridgehead atoms. The van der Waals surface area contributed by atoms with Crippen molar-refractivity contribution in [2.45, 2.75) is 51.5 Å². The smallest absolute Gasteiger partial charge is 0.118 e. The monoisotopic (exact) mass is 304 g/mol. The van der Waals surface area contributed by atoms with Crippen molar-refractivity contribution >= 4 is 0 Å². The van der Waals surface area contributed by atoms with Gasteiger partial charge in [-0.2, -0.15) is 0 Å². The van der Waals surface area contributed by atoms with Crippen LogP contribution in [0.4, 0.5) is 0 Å². The van der Waals surface area contributed by atoms with Crippen LogP contribution in [0.3, 0.4) is 0 Å². The topological polar surface area (TPSA) is 9.23 Å². The maximum absolute atomic E-state index is 5.29. The lowest BCUT2D eigenvalue weighted by molar-refractivity contribution is -0.916. The van der Waals surface area contributed by atoms with E-state index < -0.39 is 0 Å². The van der Waals surface area contributed by atoms with Crippen molar-refractivity contribution in [2.75, 3.05) is 27.7 Å². The van der Waals surface area contributed by atoms with Gasteiger partial charge in [0.15, 0.2) is 0 Å². The fraction of sp³-hybridized carbons (Fsp3) is 0.600. The largest absolute Gasteiger partial charge is 0.497 e. The Bertz CT molecular complexity index is 422. The summed E-state index contributed by atoms with van der Waals surface area (Å²) in [6.45, 7) is 7.19. The fourth-order valence-electron chi connectivity index (χ4n) is 3.15. The van der Waals surface area contributed by atoms with Crippen LogP contribution in [0.2, 0.25) is 0 Å². The van der Waals surface area contributed by atoms with Gasteiger partial charge in [-0.05, 0) is 36.8 Å². The molecule has 0 aliphatic heterocycles. The third-order valence-corrected chi connectivity index (χ3v) is 4.53. The Hall–Kier alpha value is -1.28. The molecular formula is C20H34NO+. The minimum atomic E-state index is 0.519. The molecule has 0 heterocycles. The molecule has 1 aromatic rings. The normalized spacial score (nSPS) is 12.9. The summed E-state index contributed by atoms with van der Waals surface area (Å²) in [5, 5.41) is 0. The van der Waals surface area contributed by atoms with Crippen LogP contribution in [0.15, 0.2) is 36.9 Å². The van der Waals surface area contributed by atoms with Crippen LogP contribution in [0.25, 0.3) is 0 Å². The number of rotatable bonds is 11. The second kappa shape index (κ2) is 9.68. The van der Waals surface area contributed by atoms with Gasteiger partial charge in [0.2, 0.25) is 0 Å². The van der Waals surface area contributed by atoms with E-state index in [0.717, 1.165) is 16.8 Å². The average molecular weight is 304 g/mol. The standard InChI is InChI=1S/C20H34NO/c1-6-8-9-10-11-12-20(21(3,4)17-7-2)18-13-15-19(22-5)16-14-18/h7,13-16,20H,2,6,8-12,17H2,1,3-5H3/q+1. The minimum absolute atomic E-state index is 0.519. The number of nitrogens with zero attached hydrogens (tertiary/aromatic N) is 1. The van der Waals surface area contributed by atoms with Crippen LogP contribution in [0.1, 0.15) is 57.1 Å². The molecule has 2 heteroatoms. The van der Waals surface area contributed by atoms with Crippen LogP contribution in [0, 0.1) is 0 Å². The number of benzene rings is 1. The lowest BCUT2D eigenvalue weighted by Gasteiger charge is -2.38. The zero-order valence-electron chi connectivity index (χ0n) is 15.0. The Morgan fingerprint density at radius 1 is 1.09 bits per heavy atom. The summed E-state index contributed by atoms with van der Waals surface area (Å²) in [6, 6.07) is 9.11. The first-order valence-corrected chi connectivity index (χ1v) is 8.62. The van der Waals surface area contributed by atoms with Crippen molar-refractivity contribution in [3.05, 3.63) is 42.5 Å². The second-order valence-corrected chi connectivity index (χ2v) is 6.74. The molecule has 0 saturated heterocycles. The highest BCUT2D eigenvalue weighted by atomic mass is 16.5. The van der Waals surface area contributed by atoms with Crippen LogP contribution >= 0.6 is 0 Å². The molecule has 0 aromatic heterocycles. The molecule has 2 nitrogen and oxygen atoms in total. The van der Waals surface area contributed by atoms with E-state index in [-0.39, 0.29) is 0 Å². The van der Waals surface area contributed by atoms with Crippen molar-refractivity contribution < 1.29 is 9.22 Å². The third-order valence-electron chi connectivity index (χ3n) is 4.53. The first-order chi connectivity index (χ1) is 10.5. The van der Waals surface area contributed by atoms with Gasteiger partial charge in [-0.1, -0.05) is 39.2 Å². The molecule has 0 spiro atoms. The van der Waals surface area contributed by atoms with Gasteiger partial charge in [-0.3, -0.25) is 0 Å². The molecule has 22 heavy (non-hydrogen) atoms. The molecule has 0 amide bonds. The van der Waals surface area contributed by atoms with Crippen LogP contribution in [0.5, 0.6) is 5.75 Å². The number of hydrogen-bond donors (Lipinski definition) is 0. The number of ether oxygens (including phenoxy) is 1. The molecule has 0 radical (unpaired) electrons. The molecule has 0 saturated carbocycles. The molecule has 0 aliphatic carbocycles. The molecule has 0 N–H and O–H groups in total. The summed E-state index contributed by atoms with van der Waals surface area (Å²) in [5.74, 6) is 0.930. The van der Waals surface area contributed by atoms with Gasteiger partial charge >= 0.3 is 0 Å². The van der Waals surface area contributed by atoms with E-state index >= 15 is 0 Å². The molecule has 1 rings (SSSR count). The van der Waals surface area contributed by atoms with E-state index in [1.807, 2.05) is 6.08 Å².